The molecule has 0 N–H and O–H groups in total. The summed E-state index contributed by atoms with van der Waals surface area (Å²) in [4.78, 5) is 46.5. The molecule has 0 atom stereocenters. The van der Waals surface area contributed by atoms with E-state index in [1.807, 2.05) is 84.9 Å². The fourth-order valence-corrected chi connectivity index (χ4v) is 6.68. The molecule has 8 nitrogen and oxygen atoms in total. The molecule has 8 aromatic rings. The fraction of sp³-hybridized carbons (Fsp3) is 0. The van der Waals surface area contributed by atoms with Crippen LogP contribution in [0.3, 0.4) is 0 Å². The normalized spacial score (nSPS) is 12.6. The van der Waals surface area contributed by atoms with Gasteiger partial charge in [-0.1, -0.05) is 60.7 Å². The van der Waals surface area contributed by atoms with Crippen molar-refractivity contribution in [3.05, 3.63) is 158 Å². The monoisotopic (exact) mass is 620 g/mol. The van der Waals surface area contributed by atoms with Crippen molar-refractivity contribution in [3.8, 4) is 39.1 Å². The first-order chi connectivity index (χ1) is 23.7. The first-order valence-electron chi connectivity index (χ1n) is 15.4. The van der Waals surface area contributed by atoms with Gasteiger partial charge in [0.2, 0.25) is 0 Å². The zero-order chi connectivity index (χ0) is 32.2. The molecule has 1 aliphatic heterocycles. The predicted octanol–water partition coefficient (Wildman–Crippen LogP) is 8.17. The van der Waals surface area contributed by atoms with Crippen LogP contribution in [-0.4, -0.2) is 36.3 Å². The number of hydrogen-bond acceptors (Lipinski definition) is 6. The summed E-state index contributed by atoms with van der Waals surface area (Å²) in [5.41, 5.74) is 9.33. The molecule has 5 aromatic carbocycles. The highest BCUT2D eigenvalue weighted by atomic mass is 16.2. The summed E-state index contributed by atoms with van der Waals surface area (Å²) in [5, 5.41) is 1.96. The van der Waals surface area contributed by atoms with Gasteiger partial charge in [-0.05, 0) is 70.8 Å². The average Bonchev–Trinajstić information content (AvgIpc) is 3.62. The van der Waals surface area contributed by atoms with Crippen LogP contribution < -0.4 is 4.90 Å². The Morgan fingerprint density at radius 2 is 1.02 bits per heavy atom. The average molecular weight is 621 g/mol. The number of hydrogen-bond donors (Lipinski definition) is 0. The van der Waals surface area contributed by atoms with E-state index in [9.17, 15) is 9.59 Å². The number of rotatable bonds is 5. The zero-order valence-corrected chi connectivity index (χ0v) is 25.4. The second kappa shape index (κ2) is 10.9. The van der Waals surface area contributed by atoms with Gasteiger partial charge in [0.05, 0.1) is 33.5 Å². The maximum absolute atomic E-state index is 14.4. The van der Waals surface area contributed by atoms with Crippen molar-refractivity contribution in [2.75, 3.05) is 4.90 Å². The first-order valence-corrected chi connectivity index (χ1v) is 15.4. The third kappa shape index (κ3) is 4.31. The summed E-state index contributed by atoms with van der Waals surface area (Å²) in [6.45, 7) is 0. The molecule has 0 saturated heterocycles. The lowest BCUT2D eigenvalue weighted by Crippen LogP contribution is -2.29. The molecule has 0 fully saturated rings. The van der Waals surface area contributed by atoms with Crippen LogP contribution >= 0.6 is 0 Å². The molecule has 226 valence electrons. The molecule has 1 aliphatic rings. The van der Waals surface area contributed by atoms with Gasteiger partial charge in [0.25, 0.3) is 11.8 Å². The summed E-state index contributed by atoms with van der Waals surface area (Å²) in [6, 6.07) is 35.3. The highest BCUT2D eigenvalue weighted by molar-refractivity contribution is 6.36. The molecule has 3 aromatic heterocycles. The lowest BCUT2D eigenvalue weighted by atomic mass is 10.0. The van der Waals surface area contributed by atoms with Crippen molar-refractivity contribution < 1.29 is 9.59 Å². The maximum atomic E-state index is 14.4. The van der Waals surface area contributed by atoms with E-state index in [1.54, 1.807) is 36.9 Å². The molecule has 2 amide bonds. The highest BCUT2D eigenvalue weighted by Crippen LogP contribution is 2.40. The van der Waals surface area contributed by atoms with E-state index in [0.29, 0.717) is 22.5 Å². The van der Waals surface area contributed by atoms with Crippen molar-refractivity contribution in [3.63, 3.8) is 0 Å². The van der Waals surface area contributed by atoms with Gasteiger partial charge in [0.1, 0.15) is 12.7 Å². The second-order valence-electron chi connectivity index (χ2n) is 11.6. The number of fused-ring (bicyclic) bond motifs is 4. The van der Waals surface area contributed by atoms with Crippen LogP contribution in [0.15, 0.2) is 147 Å². The number of anilines is 1. The molecule has 4 heterocycles. The van der Waals surface area contributed by atoms with E-state index < -0.39 is 0 Å². The van der Waals surface area contributed by atoms with E-state index in [2.05, 4.69) is 36.6 Å². The minimum Gasteiger partial charge on any atom is -0.308 e. The van der Waals surface area contributed by atoms with Crippen LogP contribution in [-0.2, 0) is 0 Å². The Labute approximate surface area is 274 Å². The number of aromatic nitrogens is 5. The van der Waals surface area contributed by atoms with Gasteiger partial charge in [0, 0.05) is 46.7 Å². The van der Waals surface area contributed by atoms with E-state index in [1.165, 1.54) is 17.6 Å². The summed E-state index contributed by atoms with van der Waals surface area (Å²) in [6.07, 6.45) is 10.2. The Morgan fingerprint density at radius 3 is 1.65 bits per heavy atom. The molecule has 48 heavy (non-hydrogen) atoms. The van der Waals surface area contributed by atoms with Crippen molar-refractivity contribution in [2.24, 2.45) is 0 Å². The quantitative estimate of drug-likeness (QED) is 0.180. The minimum absolute atomic E-state index is 0.347. The Balaban J connectivity index is 1.24. The molecular weight excluding hydrogens is 596 g/mol. The largest absolute Gasteiger partial charge is 0.308 e. The number of amides is 2. The third-order valence-electron chi connectivity index (χ3n) is 8.90. The minimum atomic E-state index is -0.359. The number of imide groups is 1. The Hall–Kier alpha value is -6.80. The summed E-state index contributed by atoms with van der Waals surface area (Å²) >= 11 is 0. The standard InChI is InChI=1S/C40H24N6O2/c47-39-32-10-5-11-37(38(32)40(48)45(39)31-9-4-8-26(16-31)25-6-2-1-3-7-25)46-35-14-12-27(29-19-41-23-42-20-29)17-33(35)34-18-28(13-15-36(34)46)30-21-43-24-44-22-30/h1-24H. The lowest BCUT2D eigenvalue weighted by molar-refractivity contribution is 0.0926. The first kappa shape index (κ1) is 27.5. The van der Waals surface area contributed by atoms with Gasteiger partial charge in [-0.25, -0.2) is 24.8 Å². The van der Waals surface area contributed by atoms with Crippen LogP contribution in [0.2, 0.25) is 0 Å². The molecule has 0 bridgehead atoms. The van der Waals surface area contributed by atoms with Crippen LogP contribution in [0.25, 0.3) is 60.9 Å². The van der Waals surface area contributed by atoms with Crippen LogP contribution in [0, 0.1) is 0 Å². The molecule has 0 radical (unpaired) electrons. The summed E-state index contributed by atoms with van der Waals surface area (Å²) in [5.74, 6) is -0.706. The number of carbonyl (C=O) groups excluding carboxylic acids is 2. The summed E-state index contributed by atoms with van der Waals surface area (Å²) in [7, 11) is 0. The lowest BCUT2D eigenvalue weighted by Gasteiger charge is -2.16. The fourth-order valence-electron chi connectivity index (χ4n) is 6.68. The Bertz CT molecular complexity index is 2450. The van der Waals surface area contributed by atoms with E-state index in [4.69, 9.17) is 0 Å². The van der Waals surface area contributed by atoms with E-state index in [0.717, 1.165) is 55.2 Å². The van der Waals surface area contributed by atoms with Crippen molar-refractivity contribution in [1.29, 1.82) is 0 Å². The van der Waals surface area contributed by atoms with Crippen molar-refractivity contribution in [2.45, 2.75) is 0 Å². The van der Waals surface area contributed by atoms with Gasteiger partial charge < -0.3 is 4.57 Å². The van der Waals surface area contributed by atoms with Gasteiger partial charge in [-0.3, -0.25) is 9.59 Å². The molecule has 9 rings (SSSR count). The molecular formula is C40H24N6O2. The highest BCUT2D eigenvalue weighted by Gasteiger charge is 2.39. The van der Waals surface area contributed by atoms with Gasteiger partial charge >= 0.3 is 0 Å². The van der Waals surface area contributed by atoms with Gasteiger partial charge in [-0.2, -0.15) is 0 Å². The van der Waals surface area contributed by atoms with E-state index >= 15 is 0 Å². The summed E-state index contributed by atoms with van der Waals surface area (Å²) < 4.78 is 2.08. The van der Waals surface area contributed by atoms with Gasteiger partial charge in [-0.15, -0.1) is 0 Å². The van der Waals surface area contributed by atoms with Crippen molar-refractivity contribution in [1.82, 2.24) is 24.5 Å². The van der Waals surface area contributed by atoms with Gasteiger partial charge in [0.15, 0.2) is 0 Å². The van der Waals surface area contributed by atoms with Crippen LogP contribution in [0.5, 0.6) is 0 Å². The number of benzene rings is 5. The van der Waals surface area contributed by atoms with Crippen LogP contribution in [0.4, 0.5) is 5.69 Å². The Kier molecular flexibility index (Phi) is 6.26. The Morgan fingerprint density at radius 1 is 0.458 bits per heavy atom. The molecule has 0 unspecified atom stereocenters. The smallest absolute Gasteiger partial charge is 0.268 e. The van der Waals surface area contributed by atoms with Crippen molar-refractivity contribution >= 4 is 39.3 Å². The molecule has 0 spiro atoms. The van der Waals surface area contributed by atoms with Crippen LogP contribution in [0.1, 0.15) is 20.7 Å². The third-order valence-corrected chi connectivity index (χ3v) is 8.90. The molecule has 8 heteroatoms. The molecule has 0 saturated carbocycles. The number of nitrogens with zero attached hydrogens (tertiary/aromatic N) is 6. The maximum Gasteiger partial charge on any atom is 0.268 e. The topological polar surface area (TPSA) is 93.9 Å². The predicted molar refractivity (Wildman–Crippen MR) is 186 cm³/mol. The SMILES string of the molecule is O=C1c2cccc(-n3c4ccc(-c5cncnc5)cc4c4cc(-c5cncnc5)ccc43)c2C(=O)N1c1cccc(-c2ccccc2)c1. The number of carbonyl (C=O) groups is 2. The molecule has 0 aliphatic carbocycles. The zero-order valence-electron chi connectivity index (χ0n) is 25.4. The second-order valence-corrected chi connectivity index (χ2v) is 11.6. The van der Waals surface area contributed by atoms with E-state index in [-0.39, 0.29) is 11.8 Å².